The number of rotatable bonds is 7. The third kappa shape index (κ3) is 5.05. The fraction of sp³-hybridized carbons (Fsp3) is 0.350. The number of hydrogen-bond acceptors (Lipinski definition) is 5. The van der Waals surface area contributed by atoms with Gasteiger partial charge in [-0.25, -0.2) is 0 Å². The Hall–Kier alpha value is -2.44. The van der Waals surface area contributed by atoms with Gasteiger partial charge in [-0.1, -0.05) is 30.3 Å². The first kappa shape index (κ1) is 20.9. The van der Waals surface area contributed by atoms with Crippen molar-refractivity contribution in [2.45, 2.75) is 13.0 Å². The van der Waals surface area contributed by atoms with E-state index in [1.54, 1.807) is 24.1 Å². The smallest absolute Gasteiger partial charge is 0.254 e. The third-order valence-corrected chi connectivity index (χ3v) is 4.21. The molecule has 0 bridgehead atoms. The van der Waals surface area contributed by atoms with Gasteiger partial charge in [0.15, 0.2) is 11.5 Å². The molecule has 1 amide bonds. The van der Waals surface area contributed by atoms with Crippen LogP contribution in [0.3, 0.4) is 0 Å². The zero-order chi connectivity index (χ0) is 18.4. The molecule has 1 aliphatic heterocycles. The molecule has 2 N–H and O–H groups in total. The molecule has 146 valence electrons. The Kier molecular flexibility index (Phi) is 7.76. The molecule has 2 aromatic rings. The maximum absolute atomic E-state index is 13.1. The second-order valence-electron chi connectivity index (χ2n) is 6.06. The van der Waals surface area contributed by atoms with E-state index in [4.69, 9.17) is 19.9 Å². The molecule has 27 heavy (non-hydrogen) atoms. The summed E-state index contributed by atoms with van der Waals surface area (Å²) in [6.45, 7) is 2.56. The van der Waals surface area contributed by atoms with Gasteiger partial charge in [-0.15, -0.1) is 12.4 Å². The van der Waals surface area contributed by atoms with E-state index in [1.165, 1.54) is 0 Å². The monoisotopic (exact) mass is 392 g/mol. The van der Waals surface area contributed by atoms with E-state index < -0.39 is 0 Å². The quantitative estimate of drug-likeness (QED) is 0.784. The number of methoxy groups -OCH3 is 1. The predicted molar refractivity (Wildman–Crippen MR) is 106 cm³/mol. The van der Waals surface area contributed by atoms with Crippen molar-refractivity contribution in [3.8, 4) is 17.2 Å². The number of benzene rings is 2. The van der Waals surface area contributed by atoms with Crippen molar-refractivity contribution in [1.29, 1.82) is 0 Å². The molecule has 0 radical (unpaired) electrons. The van der Waals surface area contributed by atoms with Gasteiger partial charge in [0.1, 0.15) is 13.2 Å². The average Bonchev–Trinajstić information content (AvgIpc) is 2.70. The number of hydrogen-bond donors (Lipinski definition) is 1. The van der Waals surface area contributed by atoms with Crippen LogP contribution in [0.5, 0.6) is 17.2 Å². The van der Waals surface area contributed by atoms with Gasteiger partial charge in [0.05, 0.1) is 7.11 Å². The second-order valence-corrected chi connectivity index (χ2v) is 6.06. The fourth-order valence-corrected chi connectivity index (χ4v) is 2.92. The SMILES string of the molecule is COc1cc(C(=O)N(CCCN)Cc2ccccc2)cc2c1OCCO2.Cl. The molecule has 0 saturated carbocycles. The number of ether oxygens (including phenoxy) is 3. The van der Waals surface area contributed by atoms with Gasteiger partial charge in [-0.05, 0) is 30.7 Å². The Morgan fingerprint density at radius 1 is 1.19 bits per heavy atom. The molecule has 6 nitrogen and oxygen atoms in total. The summed E-state index contributed by atoms with van der Waals surface area (Å²) >= 11 is 0. The van der Waals surface area contributed by atoms with Crippen molar-refractivity contribution < 1.29 is 19.0 Å². The van der Waals surface area contributed by atoms with Gasteiger partial charge in [0, 0.05) is 18.7 Å². The summed E-state index contributed by atoms with van der Waals surface area (Å²) in [5, 5.41) is 0. The van der Waals surface area contributed by atoms with E-state index in [0.717, 1.165) is 12.0 Å². The Morgan fingerprint density at radius 2 is 1.93 bits per heavy atom. The van der Waals surface area contributed by atoms with Gasteiger partial charge in [-0.3, -0.25) is 4.79 Å². The molecule has 7 heteroatoms. The summed E-state index contributed by atoms with van der Waals surface area (Å²) in [6, 6.07) is 13.3. The van der Waals surface area contributed by atoms with Gasteiger partial charge in [-0.2, -0.15) is 0 Å². The van der Waals surface area contributed by atoms with Crippen molar-refractivity contribution in [2.24, 2.45) is 5.73 Å². The summed E-state index contributed by atoms with van der Waals surface area (Å²) in [5.41, 5.74) is 7.24. The van der Waals surface area contributed by atoms with Crippen molar-refractivity contribution in [2.75, 3.05) is 33.4 Å². The normalized spacial score (nSPS) is 12.1. The zero-order valence-electron chi connectivity index (χ0n) is 15.3. The lowest BCUT2D eigenvalue weighted by atomic mass is 10.1. The zero-order valence-corrected chi connectivity index (χ0v) is 16.2. The lowest BCUT2D eigenvalue weighted by molar-refractivity contribution is 0.0740. The van der Waals surface area contributed by atoms with Crippen molar-refractivity contribution in [1.82, 2.24) is 4.90 Å². The summed E-state index contributed by atoms with van der Waals surface area (Å²) in [7, 11) is 1.55. The van der Waals surface area contributed by atoms with Crippen LogP contribution in [-0.2, 0) is 6.54 Å². The van der Waals surface area contributed by atoms with Gasteiger partial charge in [0.2, 0.25) is 5.75 Å². The number of carbonyl (C=O) groups excluding carboxylic acids is 1. The van der Waals surface area contributed by atoms with Crippen LogP contribution >= 0.6 is 12.4 Å². The summed E-state index contributed by atoms with van der Waals surface area (Å²) in [4.78, 5) is 14.9. The van der Waals surface area contributed by atoms with E-state index in [-0.39, 0.29) is 18.3 Å². The van der Waals surface area contributed by atoms with Gasteiger partial charge >= 0.3 is 0 Å². The number of amides is 1. The number of fused-ring (bicyclic) bond motifs is 1. The molecule has 3 rings (SSSR count). The van der Waals surface area contributed by atoms with Crippen LogP contribution in [0.2, 0.25) is 0 Å². The highest BCUT2D eigenvalue weighted by Gasteiger charge is 2.23. The minimum absolute atomic E-state index is 0. The largest absolute Gasteiger partial charge is 0.493 e. The Bertz CT molecular complexity index is 738. The molecule has 1 aliphatic rings. The van der Waals surface area contributed by atoms with Crippen LogP contribution in [0.25, 0.3) is 0 Å². The van der Waals surface area contributed by atoms with Crippen molar-refractivity contribution >= 4 is 18.3 Å². The lowest BCUT2D eigenvalue weighted by Gasteiger charge is -2.25. The highest BCUT2D eigenvalue weighted by molar-refractivity contribution is 5.95. The molecule has 1 heterocycles. The molecule has 2 aromatic carbocycles. The Balaban J connectivity index is 0.00000261. The fourth-order valence-electron chi connectivity index (χ4n) is 2.92. The molecule has 0 aliphatic carbocycles. The van der Waals surface area contributed by atoms with Crippen LogP contribution in [0.4, 0.5) is 0 Å². The molecule has 0 unspecified atom stereocenters. The highest BCUT2D eigenvalue weighted by Crippen LogP contribution is 2.40. The molecular weight excluding hydrogens is 368 g/mol. The summed E-state index contributed by atoms with van der Waals surface area (Å²) in [5.74, 6) is 1.51. The first-order chi connectivity index (χ1) is 12.7. The van der Waals surface area contributed by atoms with E-state index in [0.29, 0.717) is 55.7 Å². The number of carbonyl (C=O) groups is 1. The van der Waals surface area contributed by atoms with E-state index >= 15 is 0 Å². The summed E-state index contributed by atoms with van der Waals surface area (Å²) in [6.07, 6.45) is 0.736. The lowest BCUT2D eigenvalue weighted by Crippen LogP contribution is -2.32. The van der Waals surface area contributed by atoms with Crippen LogP contribution < -0.4 is 19.9 Å². The maximum Gasteiger partial charge on any atom is 0.254 e. The van der Waals surface area contributed by atoms with E-state index in [9.17, 15) is 4.79 Å². The minimum atomic E-state index is -0.0856. The third-order valence-electron chi connectivity index (χ3n) is 4.21. The van der Waals surface area contributed by atoms with E-state index in [2.05, 4.69) is 0 Å². The first-order valence-electron chi connectivity index (χ1n) is 8.74. The molecular formula is C20H25ClN2O4. The average molecular weight is 393 g/mol. The number of halogens is 1. The van der Waals surface area contributed by atoms with Crippen molar-refractivity contribution in [3.63, 3.8) is 0 Å². The van der Waals surface area contributed by atoms with Crippen LogP contribution in [0, 0.1) is 0 Å². The molecule has 0 spiro atoms. The van der Waals surface area contributed by atoms with Crippen LogP contribution in [0.1, 0.15) is 22.3 Å². The van der Waals surface area contributed by atoms with Gasteiger partial charge < -0.3 is 24.8 Å². The molecule has 0 atom stereocenters. The van der Waals surface area contributed by atoms with Gasteiger partial charge in [0.25, 0.3) is 5.91 Å². The van der Waals surface area contributed by atoms with Crippen LogP contribution in [-0.4, -0.2) is 44.2 Å². The minimum Gasteiger partial charge on any atom is -0.493 e. The highest BCUT2D eigenvalue weighted by atomic mass is 35.5. The second kappa shape index (κ2) is 10.0. The van der Waals surface area contributed by atoms with Crippen molar-refractivity contribution in [3.05, 3.63) is 53.6 Å². The molecule has 0 saturated heterocycles. The predicted octanol–water partition coefficient (Wildman–Crippen LogP) is 2.88. The standard InChI is InChI=1S/C20H24N2O4.ClH/c1-24-17-12-16(13-18-19(17)26-11-10-25-18)20(23)22(9-5-8-21)14-15-6-3-2-4-7-15;/h2-4,6-7,12-13H,5,8-11,14,21H2,1H3;1H. The van der Waals surface area contributed by atoms with E-state index in [1.807, 2.05) is 30.3 Å². The topological polar surface area (TPSA) is 74.0 Å². The summed E-state index contributed by atoms with van der Waals surface area (Å²) < 4.78 is 16.6. The molecule has 0 fully saturated rings. The number of nitrogens with zero attached hydrogens (tertiary/aromatic N) is 1. The maximum atomic E-state index is 13.1. The number of nitrogens with two attached hydrogens (primary N) is 1. The van der Waals surface area contributed by atoms with Crippen LogP contribution in [0.15, 0.2) is 42.5 Å². The molecule has 0 aromatic heterocycles. The Labute approximate surface area is 165 Å². The first-order valence-corrected chi connectivity index (χ1v) is 8.74. The Morgan fingerprint density at radius 3 is 2.63 bits per heavy atom.